The fourth-order valence-corrected chi connectivity index (χ4v) is 1.77. The van der Waals surface area contributed by atoms with Gasteiger partial charge < -0.3 is 4.74 Å². The average Bonchev–Trinajstić information content (AvgIpc) is 2.35. The summed E-state index contributed by atoms with van der Waals surface area (Å²) in [6, 6.07) is 0. The number of rotatable bonds is 3. The highest BCUT2D eigenvalue weighted by molar-refractivity contribution is 5.87. The van der Waals surface area contributed by atoms with E-state index in [0.29, 0.717) is 6.92 Å². The first-order valence-corrected chi connectivity index (χ1v) is 5.75. The number of hydrogen-bond donors (Lipinski definition) is 0. The second kappa shape index (κ2) is 4.97. The van der Waals surface area contributed by atoms with Crippen LogP contribution in [0.2, 0.25) is 0 Å². The maximum Gasteiger partial charge on any atom is 0.441 e. The van der Waals surface area contributed by atoms with E-state index in [0.717, 1.165) is 0 Å². The minimum atomic E-state index is -7.21. The summed E-state index contributed by atoms with van der Waals surface area (Å²) in [5, 5.41) is 0. The molecule has 0 aromatic carbocycles. The summed E-state index contributed by atoms with van der Waals surface area (Å²) < 4.78 is 149. The van der Waals surface area contributed by atoms with E-state index in [9.17, 15) is 53.1 Å². The molecule has 13 heteroatoms. The maximum atomic E-state index is 14.0. The van der Waals surface area contributed by atoms with Gasteiger partial charge in [-0.05, 0) is 6.92 Å². The van der Waals surface area contributed by atoms with Crippen molar-refractivity contribution in [2.75, 3.05) is 0 Å². The first kappa shape index (κ1) is 20.5. The van der Waals surface area contributed by atoms with Gasteiger partial charge in [0.25, 0.3) is 5.67 Å². The van der Waals surface area contributed by atoms with Crippen molar-refractivity contribution in [1.29, 1.82) is 0 Å². The van der Waals surface area contributed by atoms with Crippen molar-refractivity contribution in [2.45, 2.75) is 48.8 Å². The summed E-state index contributed by atoms with van der Waals surface area (Å²) in [6.07, 6.45) is -10.0. The molecule has 1 fully saturated rings. The van der Waals surface area contributed by atoms with Gasteiger partial charge in [0.15, 0.2) is 0 Å². The van der Waals surface area contributed by atoms with Crippen LogP contribution in [-0.4, -0.2) is 41.4 Å². The predicted octanol–water partition coefficient (Wildman–Crippen LogP) is 4.35. The van der Waals surface area contributed by atoms with Gasteiger partial charge in [-0.3, -0.25) is 0 Å². The van der Waals surface area contributed by atoms with Gasteiger partial charge in [0, 0.05) is 5.57 Å². The van der Waals surface area contributed by atoms with E-state index in [1.165, 1.54) is 0 Å². The van der Waals surface area contributed by atoms with E-state index >= 15 is 0 Å². The molecule has 1 rings (SSSR count). The smallest absolute Gasteiger partial charge is 0.395 e. The Hall–Kier alpha value is -1.56. The van der Waals surface area contributed by atoms with Gasteiger partial charge in [0.1, 0.15) is 0 Å². The first-order valence-electron chi connectivity index (χ1n) is 5.75. The molecule has 0 amide bonds. The third-order valence-electron chi connectivity index (χ3n) is 3.24. The molecule has 0 N–H and O–H groups in total. The Kier molecular flexibility index (Phi) is 4.24. The average molecular weight is 380 g/mol. The van der Waals surface area contributed by atoms with Crippen molar-refractivity contribution in [1.82, 2.24) is 0 Å². The van der Waals surface area contributed by atoms with Crippen molar-refractivity contribution in [2.24, 2.45) is 0 Å². The molecule has 0 heterocycles. The Morgan fingerprint density at radius 3 is 1.71 bits per heavy atom. The predicted molar refractivity (Wildman–Crippen MR) is 54.1 cm³/mol. The maximum absolute atomic E-state index is 14.0. The lowest BCUT2D eigenvalue weighted by Crippen LogP contribution is -2.78. The van der Waals surface area contributed by atoms with Gasteiger partial charge in [-0.2, -0.15) is 43.9 Å². The van der Waals surface area contributed by atoms with Crippen LogP contribution < -0.4 is 0 Å². The van der Waals surface area contributed by atoms with Crippen molar-refractivity contribution in [3.05, 3.63) is 12.2 Å². The Labute approximate surface area is 126 Å². The minimum Gasteiger partial charge on any atom is -0.395 e. The molecule has 0 saturated heterocycles. The highest BCUT2D eigenvalue weighted by Gasteiger charge is 2.95. The van der Waals surface area contributed by atoms with Gasteiger partial charge in [-0.25, -0.2) is 9.18 Å². The lowest BCUT2D eigenvalue weighted by Gasteiger charge is -2.49. The molecule has 0 aliphatic heterocycles. The molecule has 2 nitrogen and oxygen atoms in total. The second-order valence-corrected chi connectivity index (χ2v) is 5.09. The van der Waals surface area contributed by atoms with Crippen molar-refractivity contribution in [3.8, 4) is 0 Å². The van der Waals surface area contributed by atoms with E-state index < -0.39 is 53.4 Å². The molecular formula is C11H7F11O2. The standard InChI is InChI=1S/C11H7F11O2/c1-4(2)5(23)24-11(21,22)6(12)3-7(13,14)9(17,18)10(19,20)8(6,15)16/h1,3H2,2H3. The Balaban J connectivity index is 3.55. The number of halogens is 11. The molecule has 1 unspecified atom stereocenters. The molecule has 1 aliphatic carbocycles. The van der Waals surface area contributed by atoms with Crippen LogP contribution in [-0.2, 0) is 9.53 Å². The normalized spacial score (nSPS) is 30.5. The van der Waals surface area contributed by atoms with Crippen LogP contribution in [0.25, 0.3) is 0 Å². The monoisotopic (exact) mass is 380 g/mol. The van der Waals surface area contributed by atoms with Crippen molar-refractivity contribution < 1.29 is 57.8 Å². The highest BCUT2D eigenvalue weighted by Crippen LogP contribution is 2.67. The molecular weight excluding hydrogens is 373 g/mol. The summed E-state index contributed by atoms with van der Waals surface area (Å²) >= 11 is 0. The zero-order chi connectivity index (χ0) is 19.6. The number of hydrogen-bond acceptors (Lipinski definition) is 2. The summed E-state index contributed by atoms with van der Waals surface area (Å²) in [7, 11) is 0. The Morgan fingerprint density at radius 1 is 0.917 bits per heavy atom. The largest absolute Gasteiger partial charge is 0.441 e. The zero-order valence-electron chi connectivity index (χ0n) is 11.4. The van der Waals surface area contributed by atoms with Crippen LogP contribution in [0, 0.1) is 0 Å². The first-order chi connectivity index (χ1) is 10.3. The number of carbonyl (C=O) groups excluding carboxylic acids is 1. The van der Waals surface area contributed by atoms with Crippen LogP contribution in [0.1, 0.15) is 13.3 Å². The lowest BCUT2D eigenvalue weighted by molar-refractivity contribution is -0.464. The molecule has 0 aromatic rings. The molecule has 0 aromatic heterocycles. The van der Waals surface area contributed by atoms with Gasteiger partial charge in [-0.15, -0.1) is 0 Å². The van der Waals surface area contributed by atoms with E-state index in [-0.39, 0.29) is 0 Å². The summed E-state index contributed by atoms with van der Waals surface area (Å²) in [4.78, 5) is 10.9. The van der Waals surface area contributed by atoms with Crippen LogP contribution in [0.5, 0.6) is 0 Å². The molecule has 1 atom stereocenters. The quantitative estimate of drug-likeness (QED) is 0.414. The fourth-order valence-electron chi connectivity index (χ4n) is 1.77. The SMILES string of the molecule is C=C(C)C(=O)OC(F)(F)C1(F)CC(F)(F)C(F)(F)C(F)(F)C1(F)F. The topological polar surface area (TPSA) is 26.3 Å². The van der Waals surface area contributed by atoms with Crippen LogP contribution in [0.4, 0.5) is 48.3 Å². The molecule has 140 valence electrons. The second-order valence-electron chi connectivity index (χ2n) is 5.09. The molecule has 0 spiro atoms. The number of ether oxygens (including phenoxy) is 1. The zero-order valence-corrected chi connectivity index (χ0v) is 11.4. The number of alkyl halides is 11. The fraction of sp³-hybridized carbons (Fsp3) is 0.727. The van der Waals surface area contributed by atoms with Crippen LogP contribution in [0.15, 0.2) is 12.2 Å². The number of carbonyl (C=O) groups is 1. The molecule has 1 saturated carbocycles. The molecule has 0 bridgehead atoms. The van der Waals surface area contributed by atoms with Gasteiger partial charge >= 0.3 is 35.8 Å². The van der Waals surface area contributed by atoms with E-state index in [4.69, 9.17) is 0 Å². The lowest BCUT2D eigenvalue weighted by atomic mass is 9.74. The molecule has 0 radical (unpaired) electrons. The van der Waals surface area contributed by atoms with Gasteiger partial charge in [0.05, 0.1) is 6.42 Å². The van der Waals surface area contributed by atoms with E-state index in [1.807, 2.05) is 0 Å². The molecule has 24 heavy (non-hydrogen) atoms. The van der Waals surface area contributed by atoms with Crippen molar-refractivity contribution >= 4 is 5.97 Å². The Morgan fingerprint density at radius 2 is 1.33 bits per heavy atom. The summed E-state index contributed by atoms with van der Waals surface area (Å²) in [5.41, 5.74) is -7.28. The summed E-state index contributed by atoms with van der Waals surface area (Å²) in [6.45, 7) is 3.34. The van der Waals surface area contributed by atoms with Gasteiger partial charge in [-0.1, -0.05) is 6.58 Å². The number of esters is 1. The highest BCUT2D eigenvalue weighted by atomic mass is 19.4. The Bertz CT molecular complexity index is 568. The summed E-state index contributed by atoms with van der Waals surface area (Å²) in [5.74, 6) is -29.7. The third kappa shape index (κ3) is 2.26. The van der Waals surface area contributed by atoms with Crippen LogP contribution in [0.3, 0.4) is 0 Å². The van der Waals surface area contributed by atoms with Crippen molar-refractivity contribution in [3.63, 3.8) is 0 Å². The minimum absolute atomic E-state index is 0.652. The molecule has 1 aliphatic rings. The van der Waals surface area contributed by atoms with Gasteiger partial charge in [0.2, 0.25) is 0 Å². The third-order valence-corrected chi connectivity index (χ3v) is 3.24. The van der Waals surface area contributed by atoms with E-state index in [2.05, 4.69) is 11.3 Å². The van der Waals surface area contributed by atoms with E-state index in [1.54, 1.807) is 0 Å². The van der Waals surface area contributed by atoms with Crippen LogP contribution >= 0.6 is 0 Å².